The van der Waals surface area contributed by atoms with Crippen molar-refractivity contribution in [1.82, 2.24) is 14.8 Å². The lowest BCUT2D eigenvalue weighted by Gasteiger charge is -2.06. The predicted octanol–water partition coefficient (Wildman–Crippen LogP) is 1.46. The highest BCUT2D eigenvalue weighted by Gasteiger charge is 2.16. The zero-order valence-corrected chi connectivity index (χ0v) is 11.5. The molecule has 3 rings (SSSR count). The van der Waals surface area contributed by atoms with Gasteiger partial charge in [0, 0.05) is 18.7 Å². The molecule has 0 radical (unpaired) electrons. The number of aromatic nitrogens is 3. The van der Waals surface area contributed by atoms with Crippen molar-refractivity contribution >= 4 is 11.6 Å². The Morgan fingerprint density at radius 3 is 3.20 bits per heavy atom. The first-order chi connectivity index (χ1) is 9.72. The third-order valence-electron chi connectivity index (χ3n) is 3.37. The highest BCUT2D eigenvalue weighted by molar-refractivity contribution is 5.92. The average molecular weight is 270 g/mol. The van der Waals surface area contributed by atoms with Crippen molar-refractivity contribution in [1.29, 1.82) is 0 Å². The summed E-state index contributed by atoms with van der Waals surface area (Å²) in [7, 11) is 0. The Hall–Kier alpha value is -2.37. The molecule has 2 heterocycles. The quantitative estimate of drug-likeness (QED) is 0.653. The Labute approximate surface area is 117 Å². The summed E-state index contributed by atoms with van der Waals surface area (Å²) in [5, 5.41) is 11.4. The maximum absolute atomic E-state index is 5.90. The molecule has 1 aliphatic heterocycles. The Kier molecular flexibility index (Phi) is 3.37. The molecule has 0 aliphatic carbocycles. The second-order valence-electron chi connectivity index (χ2n) is 4.98. The van der Waals surface area contributed by atoms with Crippen molar-refractivity contribution in [3.8, 4) is 0 Å². The number of nitrogens with one attached hydrogen (secondary N) is 1. The average Bonchev–Trinajstić information content (AvgIpc) is 2.99. The van der Waals surface area contributed by atoms with Crippen molar-refractivity contribution < 1.29 is 0 Å². The number of nitrogens with zero attached hydrogens (tertiary/aromatic N) is 4. The fourth-order valence-electron chi connectivity index (χ4n) is 2.39. The lowest BCUT2D eigenvalue weighted by molar-refractivity contribution is 0.688. The van der Waals surface area contributed by atoms with E-state index in [1.54, 1.807) is 0 Å². The first-order valence-corrected chi connectivity index (χ1v) is 6.77. The topological polar surface area (TPSA) is 81.1 Å². The fourth-order valence-corrected chi connectivity index (χ4v) is 2.39. The smallest absolute Gasteiger partial charge is 0.193 e. The molecule has 2 aromatic rings. The molecule has 0 atom stereocenters. The summed E-state index contributed by atoms with van der Waals surface area (Å²) >= 11 is 0. The van der Waals surface area contributed by atoms with E-state index in [1.165, 1.54) is 5.56 Å². The Morgan fingerprint density at radius 1 is 1.45 bits per heavy atom. The van der Waals surface area contributed by atoms with Crippen LogP contribution in [0.15, 0.2) is 29.3 Å². The van der Waals surface area contributed by atoms with Crippen molar-refractivity contribution in [2.75, 3.05) is 5.32 Å². The Morgan fingerprint density at radius 2 is 2.35 bits per heavy atom. The number of hydrogen-bond donors (Lipinski definition) is 2. The lowest BCUT2D eigenvalue weighted by atomic mass is 10.2. The van der Waals surface area contributed by atoms with Crippen LogP contribution in [-0.2, 0) is 19.5 Å². The van der Waals surface area contributed by atoms with E-state index in [1.807, 2.05) is 31.2 Å². The first-order valence-electron chi connectivity index (χ1n) is 6.77. The van der Waals surface area contributed by atoms with E-state index in [0.717, 1.165) is 36.7 Å². The molecule has 0 saturated carbocycles. The van der Waals surface area contributed by atoms with Crippen LogP contribution in [0.5, 0.6) is 0 Å². The van der Waals surface area contributed by atoms with Gasteiger partial charge in [-0.15, -0.1) is 10.2 Å². The van der Waals surface area contributed by atoms with Gasteiger partial charge in [0.1, 0.15) is 12.4 Å². The molecule has 3 N–H and O–H groups in total. The summed E-state index contributed by atoms with van der Waals surface area (Å²) in [5.41, 5.74) is 8.02. The molecule has 1 aromatic carbocycles. The largest absolute Gasteiger partial charge is 0.370 e. The fraction of sp³-hybridized carbons (Fsp3) is 0.357. The van der Waals surface area contributed by atoms with Crippen LogP contribution < -0.4 is 11.1 Å². The van der Waals surface area contributed by atoms with Crippen molar-refractivity contribution in [3.63, 3.8) is 0 Å². The normalized spacial score (nSPS) is 14.3. The minimum Gasteiger partial charge on any atom is -0.370 e. The number of guanidine groups is 1. The van der Waals surface area contributed by atoms with E-state index in [4.69, 9.17) is 5.73 Å². The second-order valence-corrected chi connectivity index (χ2v) is 4.98. The SMILES string of the molecule is Cc1cccc(NC(N)=NCc2nnc3n2CCC3)c1. The lowest BCUT2D eigenvalue weighted by Crippen LogP contribution is -2.22. The monoisotopic (exact) mass is 270 g/mol. The van der Waals surface area contributed by atoms with Gasteiger partial charge in [0.15, 0.2) is 11.8 Å². The summed E-state index contributed by atoms with van der Waals surface area (Å²) in [6, 6.07) is 8.01. The molecule has 0 saturated heterocycles. The maximum atomic E-state index is 5.90. The van der Waals surface area contributed by atoms with Gasteiger partial charge in [-0.1, -0.05) is 12.1 Å². The van der Waals surface area contributed by atoms with Crippen LogP contribution in [-0.4, -0.2) is 20.7 Å². The van der Waals surface area contributed by atoms with Crippen molar-refractivity contribution in [2.45, 2.75) is 32.9 Å². The van der Waals surface area contributed by atoms with Gasteiger partial charge in [-0.25, -0.2) is 4.99 Å². The first kappa shape index (κ1) is 12.7. The second kappa shape index (κ2) is 5.32. The standard InChI is InChI=1S/C14H18N6/c1-10-4-2-5-11(8-10)17-14(15)16-9-13-19-18-12-6-3-7-20(12)13/h2,4-5,8H,3,6-7,9H2,1H3,(H3,15,16,17). The number of rotatable bonds is 3. The van der Waals surface area contributed by atoms with E-state index in [-0.39, 0.29) is 0 Å². The van der Waals surface area contributed by atoms with Gasteiger partial charge < -0.3 is 15.6 Å². The summed E-state index contributed by atoms with van der Waals surface area (Å²) in [5.74, 6) is 2.33. The van der Waals surface area contributed by atoms with Gasteiger partial charge in [0.25, 0.3) is 0 Å². The molecule has 0 fully saturated rings. The van der Waals surface area contributed by atoms with Crippen LogP contribution in [0, 0.1) is 6.92 Å². The van der Waals surface area contributed by atoms with Crippen molar-refractivity contribution in [2.24, 2.45) is 10.7 Å². The minimum atomic E-state index is 0.394. The van der Waals surface area contributed by atoms with E-state index in [9.17, 15) is 0 Å². The molecule has 1 aliphatic rings. The molecule has 6 heteroatoms. The number of nitrogens with two attached hydrogens (primary N) is 1. The molecule has 20 heavy (non-hydrogen) atoms. The number of aryl methyl sites for hydroxylation is 2. The van der Waals surface area contributed by atoms with Gasteiger partial charge >= 0.3 is 0 Å². The van der Waals surface area contributed by atoms with Crippen molar-refractivity contribution in [3.05, 3.63) is 41.5 Å². The van der Waals surface area contributed by atoms with Gasteiger partial charge in [-0.2, -0.15) is 0 Å². The molecule has 0 spiro atoms. The van der Waals surface area contributed by atoms with Gasteiger partial charge in [-0.3, -0.25) is 0 Å². The minimum absolute atomic E-state index is 0.394. The van der Waals surface area contributed by atoms with Crippen LogP contribution in [0.25, 0.3) is 0 Å². The zero-order chi connectivity index (χ0) is 13.9. The summed E-state index contributed by atoms with van der Waals surface area (Å²) in [6.07, 6.45) is 2.15. The highest BCUT2D eigenvalue weighted by atomic mass is 15.3. The van der Waals surface area contributed by atoms with Gasteiger partial charge in [0.05, 0.1) is 0 Å². The number of fused-ring (bicyclic) bond motifs is 1. The highest BCUT2D eigenvalue weighted by Crippen LogP contribution is 2.14. The number of anilines is 1. The molecule has 6 nitrogen and oxygen atoms in total. The van der Waals surface area contributed by atoms with Crippen LogP contribution in [0.1, 0.15) is 23.6 Å². The third-order valence-corrected chi connectivity index (χ3v) is 3.37. The van der Waals surface area contributed by atoms with E-state index < -0.39 is 0 Å². The van der Waals surface area contributed by atoms with Crippen LogP contribution >= 0.6 is 0 Å². The van der Waals surface area contributed by atoms with Gasteiger partial charge in [-0.05, 0) is 31.0 Å². The molecule has 0 bridgehead atoms. The van der Waals surface area contributed by atoms with E-state index >= 15 is 0 Å². The van der Waals surface area contributed by atoms with Crippen LogP contribution in [0.4, 0.5) is 5.69 Å². The van der Waals surface area contributed by atoms with E-state index in [0.29, 0.717) is 12.5 Å². The maximum Gasteiger partial charge on any atom is 0.193 e. The molecule has 1 aromatic heterocycles. The molecule has 0 amide bonds. The molecule has 0 unspecified atom stereocenters. The van der Waals surface area contributed by atoms with Crippen LogP contribution in [0.3, 0.4) is 0 Å². The number of hydrogen-bond acceptors (Lipinski definition) is 3. The molecule has 104 valence electrons. The number of aliphatic imine (C=N–C) groups is 1. The summed E-state index contributed by atoms with van der Waals surface area (Å²) < 4.78 is 2.13. The summed E-state index contributed by atoms with van der Waals surface area (Å²) in [6.45, 7) is 3.48. The molecular weight excluding hydrogens is 252 g/mol. The summed E-state index contributed by atoms with van der Waals surface area (Å²) in [4.78, 5) is 4.33. The Bertz CT molecular complexity index is 643. The zero-order valence-electron chi connectivity index (χ0n) is 11.5. The predicted molar refractivity (Wildman–Crippen MR) is 78.5 cm³/mol. The van der Waals surface area contributed by atoms with Gasteiger partial charge in [0.2, 0.25) is 0 Å². The third kappa shape index (κ3) is 2.64. The van der Waals surface area contributed by atoms with Crippen LogP contribution in [0.2, 0.25) is 0 Å². The molecular formula is C14H18N6. The Balaban J connectivity index is 1.66. The van der Waals surface area contributed by atoms with E-state index in [2.05, 4.69) is 25.1 Å². The number of benzene rings is 1.